The zero-order valence-electron chi connectivity index (χ0n) is 14.9. The molecule has 0 aromatic heterocycles. The highest BCUT2D eigenvalue weighted by Crippen LogP contribution is 2.29. The van der Waals surface area contributed by atoms with Crippen molar-refractivity contribution >= 4 is 40.5 Å². The molecule has 0 radical (unpaired) electrons. The summed E-state index contributed by atoms with van der Waals surface area (Å²) in [7, 11) is 0. The normalized spacial score (nSPS) is 10.1. The molecule has 0 bridgehead atoms. The minimum Gasteiger partial charge on any atom is -0.494 e. The summed E-state index contributed by atoms with van der Waals surface area (Å²) in [5.74, 6) is -1.74. The van der Waals surface area contributed by atoms with E-state index in [2.05, 4.69) is 5.32 Å². The number of benzene rings is 2. The summed E-state index contributed by atoms with van der Waals surface area (Å²) >= 11 is 5.67. The molecular weight excluding hydrogens is 410 g/mol. The Morgan fingerprint density at radius 3 is 2.38 bits per heavy atom. The van der Waals surface area contributed by atoms with Gasteiger partial charge in [0.05, 0.1) is 22.5 Å². The highest BCUT2D eigenvalue weighted by molar-refractivity contribution is 6.31. The van der Waals surface area contributed by atoms with E-state index in [1.807, 2.05) is 0 Å². The van der Waals surface area contributed by atoms with Crippen LogP contribution in [0.3, 0.4) is 0 Å². The second-order valence-corrected chi connectivity index (χ2v) is 5.85. The second kappa shape index (κ2) is 9.46. The number of nitrogens with zero attached hydrogens (tertiary/aromatic N) is 2. The van der Waals surface area contributed by atoms with Crippen molar-refractivity contribution in [1.29, 1.82) is 0 Å². The third-order valence-electron chi connectivity index (χ3n) is 3.46. The summed E-state index contributed by atoms with van der Waals surface area (Å²) in [6.45, 7) is 1.19. The molecule has 0 unspecified atom stereocenters. The van der Waals surface area contributed by atoms with Gasteiger partial charge in [0.2, 0.25) is 0 Å². The van der Waals surface area contributed by atoms with Crippen LogP contribution in [0, 0.1) is 20.2 Å². The molecule has 0 spiro atoms. The predicted molar refractivity (Wildman–Crippen MR) is 101 cm³/mol. The van der Waals surface area contributed by atoms with Crippen molar-refractivity contribution < 1.29 is 28.9 Å². The first kappa shape index (κ1) is 21.6. The van der Waals surface area contributed by atoms with Gasteiger partial charge in [0.1, 0.15) is 17.0 Å². The average molecular weight is 424 g/mol. The Hall–Kier alpha value is -3.73. The van der Waals surface area contributed by atoms with E-state index in [1.54, 1.807) is 6.92 Å². The summed E-state index contributed by atoms with van der Waals surface area (Å²) in [6, 6.07) is 7.16. The van der Waals surface area contributed by atoms with Gasteiger partial charge in [0.15, 0.2) is 6.61 Å². The lowest BCUT2D eigenvalue weighted by molar-refractivity contribution is -0.385. The molecule has 0 saturated carbocycles. The van der Waals surface area contributed by atoms with Crippen molar-refractivity contribution in [3.63, 3.8) is 0 Å². The number of hydrogen-bond donors (Lipinski definition) is 1. The van der Waals surface area contributed by atoms with Crippen molar-refractivity contribution in [1.82, 2.24) is 0 Å². The van der Waals surface area contributed by atoms with Crippen LogP contribution in [0.2, 0.25) is 5.02 Å². The molecule has 2 aromatic carbocycles. The molecule has 29 heavy (non-hydrogen) atoms. The van der Waals surface area contributed by atoms with E-state index in [0.29, 0.717) is 6.61 Å². The van der Waals surface area contributed by atoms with E-state index in [-0.39, 0.29) is 22.0 Å². The van der Waals surface area contributed by atoms with Gasteiger partial charge in [-0.3, -0.25) is 25.0 Å². The maximum absolute atomic E-state index is 12.1. The zero-order valence-corrected chi connectivity index (χ0v) is 15.7. The monoisotopic (exact) mass is 423 g/mol. The Balaban J connectivity index is 2.08. The van der Waals surface area contributed by atoms with Gasteiger partial charge in [-0.05, 0) is 31.2 Å². The van der Waals surface area contributed by atoms with Crippen LogP contribution >= 0.6 is 11.6 Å². The number of ether oxygens (including phenoxy) is 2. The third kappa shape index (κ3) is 5.62. The van der Waals surface area contributed by atoms with Gasteiger partial charge in [0, 0.05) is 11.1 Å². The highest BCUT2D eigenvalue weighted by atomic mass is 35.5. The van der Waals surface area contributed by atoms with Crippen LogP contribution in [-0.2, 0) is 9.53 Å². The number of halogens is 1. The second-order valence-electron chi connectivity index (χ2n) is 5.41. The summed E-state index contributed by atoms with van der Waals surface area (Å²) in [5.41, 5.74) is -1.51. The van der Waals surface area contributed by atoms with Gasteiger partial charge in [0.25, 0.3) is 17.3 Å². The maximum atomic E-state index is 12.1. The summed E-state index contributed by atoms with van der Waals surface area (Å²) < 4.78 is 9.93. The van der Waals surface area contributed by atoms with Crippen LogP contribution in [0.4, 0.5) is 17.1 Å². The van der Waals surface area contributed by atoms with Crippen molar-refractivity contribution in [2.45, 2.75) is 6.92 Å². The maximum Gasteiger partial charge on any atom is 0.345 e. The first-order chi connectivity index (χ1) is 13.7. The summed E-state index contributed by atoms with van der Waals surface area (Å²) in [6.07, 6.45) is 0. The van der Waals surface area contributed by atoms with Gasteiger partial charge in [-0.15, -0.1) is 0 Å². The van der Waals surface area contributed by atoms with Crippen LogP contribution < -0.4 is 10.1 Å². The molecule has 1 amide bonds. The molecule has 0 atom stereocenters. The molecule has 0 aliphatic rings. The van der Waals surface area contributed by atoms with E-state index in [0.717, 1.165) is 18.2 Å². The lowest BCUT2D eigenvalue weighted by Gasteiger charge is -2.09. The Morgan fingerprint density at radius 2 is 1.76 bits per heavy atom. The molecule has 0 heterocycles. The van der Waals surface area contributed by atoms with Crippen LogP contribution in [-0.4, -0.2) is 34.9 Å². The van der Waals surface area contributed by atoms with Gasteiger partial charge in [-0.25, -0.2) is 4.79 Å². The van der Waals surface area contributed by atoms with E-state index >= 15 is 0 Å². The quantitative estimate of drug-likeness (QED) is 0.385. The molecule has 2 aromatic rings. The molecule has 12 heteroatoms. The lowest BCUT2D eigenvalue weighted by atomic mass is 10.2. The number of carbonyl (C=O) groups excluding carboxylic acids is 2. The fraction of sp³-hybridized carbons (Fsp3) is 0.176. The van der Waals surface area contributed by atoms with Crippen molar-refractivity contribution in [2.24, 2.45) is 0 Å². The third-order valence-corrected chi connectivity index (χ3v) is 3.70. The van der Waals surface area contributed by atoms with E-state index < -0.39 is 39.7 Å². The first-order valence-electron chi connectivity index (χ1n) is 8.05. The Bertz CT molecular complexity index is 979. The number of esters is 1. The Labute approximate surface area is 168 Å². The number of nitro groups is 2. The molecule has 0 fully saturated rings. The number of nitro benzene ring substituents is 2. The van der Waals surface area contributed by atoms with E-state index in [1.165, 1.54) is 18.2 Å². The Kier molecular flexibility index (Phi) is 7.04. The van der Waals surface area contributed by atoms with Gasteiger partial charge >= 0.3 is 5.97 Å². The molecule has 2 rings (SSSR count). The molecule has 152 valence electrons. The first-order valence-corrected chi connectivity index (χ1v) is 8.43. The lowest BCUT2D eigenvalue weighted by Crippen LogP contribution is -2.21. The van der Waals surface area contributed by atoms with Crippen LogP contribution in [0.5, 0.6) is 5.75 Å². The fourth-order valence-electron chi connectivity index (χ4n) is 2.25. The van der Waals surface area contributed by atoms with Gasteiger partial charge in [-0.2, -0.15) is 0 Å². The smallest absolute Gasteiger partial charge is 0.345 e. The van der Waals surface area contributed by atoms with Crippen LogP contribution in [0.25, 0.3) is 0 Å². The number of carbonyl (C=O) groups is 2. The summed E-state index contributed by atoms with van der Waals surface area (Å²) in [4.78, 5) is 44.7. The Morgan fingerprint density at radius 1 is 1.07 bits per heavy atom. The number of nitrogens with one attached hydrogen (secondary N) is 1. The minimum absolute atomic E-state index is 0.0498. The van der Waals surface area contributed by atoms with Crippen molar-refractivity contribution in [2.75, 3.05) is 18.5 Å². The van der Waals surface area contributed by atoms with Crippen LogP contribution in [0.15, 0.2) is 36.4 Å². The molecule has 11 nitrogen and oxygen atoms in total. The largest absolute Gasteiger partial charge is 0.494 e. The summed E-state index contributed by atoms with van der Waals surface area (Å²) in [5, 5.41) is 24.5. The highest BCUT2D eigenvalue weighted by Gasteiger charge is 2.23. The number of rotatable bonds is 8. The fourth-order valence-corrected chi connectivity index (χ4v) is 2.41. The molecule has 0 saturated heterocycles. The number of amides is 1. The van der Waals surface area contributed by atoms with Crippen molar-refractivity contribution in [3.05, 3.63) is 67.2 Å². The zero-order chi connectivity index (χ0) is 21.6. The molecule has 0 aliphatic heterocycles. The van der Waals surface area contributed by atoms with Gasteiger partial charge < -0.3 is 14.8 Å². The van der Waals surface area contributed by atoms with E-state index in [9.17, 15) is 29.8 Å². The minimum atomic E-state index is -1.12. The average Bonchev–Trinajstić information content (AvgIpc) is 2.67. The number of hydrogen-bond acceptors (Lipinski definition) is 8. The molecular formula is C17H14ClN3O8. The number of anilines is 1. The van der Waals surface area contributed by atoms with Crippen LogP contribution in [0.1, 0.15) is 17.3 Å². The van der Waals surface area contributed by atoms with Crippen molar-refractivity contribution in [3.8, 4) is 5.75 Å². The molecule has 1 N–H and O–H groups in total. The van der Waals surface area contributed by atoms with Gasteiger partial charge in [-0.1, -0.05) is 11.6 Å². The predicted octanol–water partition coefficient (Wildman–Crippen LogP) is 3.35. The standard InChI is InChI=1S/C17H14ClN3O8/c1-2-28-11-4-6-13(15(8-11)21(26)27)19-16(22)9-29-17(23)12-5-3-10(18)7-14(12)20(24)25/h3-8H,2,9H2,1H3,(H,19,22). The van der Waals surface area contributed by atoms with E-state index in [4.69, 9.17) is 21.1 Å². The SMILES string of the molecule is CCOc1ccc(NC(=O)COC(=O)c2ccc(Cl)cc2[N+](=O)[O-])c([N+](=O)[O-])c1. The topological polar surface area (TPSA) is 151 Å². The molecule has 0 aliphatic carbocycles.